The number of benzene rings is 1. The normalized spacial score (nSPS) is 13.0. The maximum absolute atomic E-state index is 13.7. The van der Waals surface area contributed by atoms with Gasteiger partial charge in [0.15, 0.2) is 0 Å². The van der Waals surface area contributed by atoms with E-state index in [1.165, 1.54) is 6.07 Å². The molecule has 0 spiro atoms. The zero-order chi connectivity index (χ0) is 15.4. The summed E-state index contributed by atoms with van der Waals surface area (Å²) in [6, 6.07) is 3.28. The molecule has 0 saturated carbocycles. The Bertz CT molecular complexity index is 615. The number of methoxy groups -OCH3 is 2. The third-order valence-corrected chi connectivity index (χ3v) is 3.69. The van der Waals surface area contributed by atoms with E-state index in [9.17, 15) is 4.39 Å². The molecule has 1 aromatic heterocycles. The van der Waals surface area contributed by atoms with Crippen LogP contribution in [-0.4, -0.2) is 42.4 Å². The standard InChI is InChI=1S/C15H20ClFN2O2/c1-10-6-14-13(7-12(10)17)18-15(4-5-16)19(14)8-11(21-3)9-20-2/h6-7,11H,4-5,8-9H2,1-3H3. The number of imidazole rings is 1. The smallest absolute Gasteiger partial charge is 0.128 e. The molecule has 0 radical (unpaired) electrons. The van der Waals surface area contributed by atoms with Crippen LogP contribution in [0, 0.1) is 12.7 Å². The first-order valence-corrected chi connectivity index (χ1v) is 7.37. The minimum Gasteiger partial charge on any atom is -0.382 e. The van der Waals surface area contributed by atoms with Gasteiger partial charge < -0.3 is 14.0 Å². The van der Waals surface area contributed by atoms with Crippen LogP contribution in [0.25, 0.3) is 11.0 Å². The highest BCUT2D eigenvalue weighted by atomic mass is 35.5. The van der Waals surface area contributed by atoms with Gasteiger partial charge in [-0.3, -0.25) is 0 Å². The van der Waals surface area contributed by atoms with Crippen LogP contribution in [0.2, 0.25) is 0 Å². The number of aryl methyl sites for hydroxylation is 2. The monoisotopic (exact) mass is 314 g/mol. The molecule has 116 valence electrons. The van der Waals surface area contributed by atoms with Gasteiger partial charge in [-0.1, -0.05) is 0 Å². The summed E-state index contributed by atoms with van der Waals surface area (Å²) in [7, 11) is 3.28. The lowest BCUT2D eigenvalue weighted by atomic mass is 10.2. The summed E-state index contributed by atoms with van der Waals surface area (Å²) in [6.45, 7) is 2.82. The molecule has 1 atom stereocenters. The van der Waals surface area contributed by atoms with Gasteiger partial charge in [-0.15, -0.1) is 11.6 Å². The summed E-state index contributed by atoms with van der Waals surface area (Å²) in [4.78, 5) is 4.49. The molecule has 0 aliphatic carbocycles. The van der Waals surface area contributed by atoms with Crippen molar-refractivity contribution in [3.8, 4) is 0 Å². The minimum absolute atomic E-state index is 0.0909. The topological polar surface area (TPSA) is 36.3 Å². The fourth-order valence-electron chi connectivity index (χ4n) is 2.36. The van der Waals surface area contributed by atoms with Crippen LogP contribution in [0.5, 0.6) is 0 Å². The predicted molar refractivity (Wildman–Crippen MR) is 81.5 cm³/mol. The van der Waals surface area contributed by atoms with Crippen molar-refractivity contribution in [2.24, 2.45) is 0 Å². The Labute approximate surface area is 128 Å². The molecule has 6 heteroatoms. The third-order valence-electron chi connectivity index (χ3n) is 3.50. The predicted octanol–water partition coefficient (Wildman–Crippen LogP) is 2.93. The number of hydrogen-bond acceptors (Lipinski definition) is 3. The minimum atomic E-state index is -0.246. The number of rotatable bonds is 7. The second-order valence-electron chi connectivity index (χ2n) is 4.98. The van der Waals surface area contributed by atoms with E-state index in [1.54, 1.807) is 21.1 Å². The van der Waals surface area contributed by atoms with E-state index in [0.717, 1.165) is 11.3 Å². The van der Waals surface area contributed by atoms with Crippen molar-refractivity contribution in [3.05, 3.63) is 29.3 Å². The largest absolute Gasteiger partial charge is 0.382 e. The van der Waals surface area contributed by atoms with Crippen LogP contribution < -0.4 is 0 Å². The van der Waals surface area contributed by atoms with Gasteiger partial charge in [-0.25, -0.2) is 9.37 Å². The Balaban J connectivity index is 2.46. The van der Waals surface area contributed by atoms with E-state index in [1.807, 2.05) is 10.6 Å². The molecule has 1 heterocycles. The first-order valence-electron chi connectivity index (χ1n) is 6.83. The van der Waals surface area contributed by atoms with Crippen LogP contribution >= 0.6 is 11.6 Å². The Morgan fingerprint density at radius 1 is 1.38 bits per heavy atom. The molecule has 0 amide bonds. The van der Waals surface area contributed by atoms with Gasteiger partial charge in [0.1, 0.15) is 11.6 Å². The molecule has 21 heavy (non-hydrogen) atoms. The average molecular weight is 315 g/mol. The van der Waals surface area contributed by atoms with Gasteiger partial charge in [0.25, 0.3) is 0 Å². The molecule has 4 nitrogen and oxygen atoms in total. The highest BCUT2D eigenvalue weighted by Crippen LogP contribution is 2.22. The third kappa shape index (κ3) is 3.54. The summed E-state index contributed by atoms with van der Waals surface area (Å²) in [6.07, 6.45) is 0.534. The Kier molecular flexibility index (Phi) is 5.56. The Morgan fingerprint density at radius 2 is 2.14 bits per heavy atom. The van der Waals surface area contributed by atoms with Gasteiger partial charge >= 0.3 is 0 Å². The molecule has 2 aromatic rings. The highest BCUT2D eigenvalue weighted by molar-refractivity contribution is 6.17. The van der Waals surface area contributed by atoms with Crippen LogP contribution in [0.4, 0.5) is 4.39 Å². The summed E-state index contributed by atoms with van der Waals surface area (Å²) in [5.41, 5.74) is 2.14. The average Bonchev–Trinajstić information content (AvgIpc) is 2.77. The molecule has 0 N–H and O–H groups in total. The van der Waals surface area contributed by atoms with Gasteiger partial charge in [0.05, 0.1) is 30.3 Å². The number of nitrogens with zero attached hydrogens (tertiary/aromatic N) is 2. The lowest BCUT2D eigenvalue weighted by Crippen LogP contribution is -2.25. The number of ether oxygens (including phenoxy) is 2. The summed E-state index contributed by atoms with van der Waals surface area (Å²) < 4.78 is 26.3. The molecule has 0 aliphatic heterocycles. The van der Waals surface area contributed by atoms with Crippen molar-refractivity contribution >= 4 is 22.6 Å². The van der Waals surface area contributed by atoms with Gasteiger partial charge in [-0.05, 0) is 18.6 Å². The number of fused-ring (bicyclic) bond motifs is 1. The van der Waals surface area contributed by atoms with E-state index in [-0.39, 0.29) is 11.9 Å². The molecule has 1 unspecified atom stereocenters. The fourth-order valence-corrected chi connectivity index (χ4v) is 2.53. The van der Waals surface area contributed by atoms with E-state index < -0.39 is 0 Å². The molecule has 0 aliphatic rings. The fraction of sp³-hybridized carbons (Fsp3) is 0.533. The van der Waals surface area contributed by atoms with Crippen molar-refractivity contribution < 1.29 is 13.9 Å². The van der Waals surface area contributed by atoms with Crippen molar-refractivity contribution in [3.63, 3.8) is 0 Å². The van der Waals surface area contributed by atoms with Crippen molar-refractivity contribution in [1.82, 2.24) is 9.55 Å². The van der Waals surface area contributed by atoms with E-state index in [0.29, 0.717) is 36.5 Å². The van der Waals surface area contributed by atoms with Crippen LogP contribution in [0.3, 0.4) is 0 Å². The van der Waals surface area contributed by atoms with Crippen molar-refractivity contribution in [1.29, 1.82) is 0 Å². The maximum Gasteiger partial charge on any atom is 0.128 e. The number of alkyl halides is 1. The van der Waals surface area contributed by atoms with E-state index in [2.05, 4.69) is 4.98 Å². The zero-order valence-electron chi connectivity index (χ0n) is 12.5. The lowest BCUT2D eigenvalue weighted by Gasteiger charge is -2.17. The van der Waals surface area contributed by atoms with E-state index in [4.69, 9.17) is 21.1 Å². The van der Waals surface area contributed by atoms with Gasteiger partial charge in [-0.2, -0.15) is 0 Å². The van der Waals surface area contributed by atoms with Crippen LogP contribution in [0.15, 0.2) is 12.1 Å². The molecular formula is C15H20ClFN2O2. The second-order valence-corrected chi connectivity index (χ2v) is 5.36. The molecule has 0 bridgehead atoms. The van der Waals surface area contributed by atoms with Crippen molar-refractivity contribution in [2.45, 2.75) is 26.0 Å². The maximum atomic E-state index is 13.7. The summed E-state index contributed by atoms with van der Waals surface area (Å²) in [5.74, 6) is 1.06. The van der Waals surface area contributed by atoms with Crippen LogP contribution in [0.1, 0.15) is 11.4 Å². The molecular weight excluding hydrogens is 295 g/mol. The quantitative estimate of drug-likeness (QED) is 0.737. The summed E-state index contributed by atoms with van der Waals surface area (Å²) >= 11 is 5.85. The Morgan fingerprint density at radius 3 is 2.76 bits per heavy atom. The molecule has 0 saturated heterocycles. The number of aromatic nitrogens is 2. The van der Waals surface area contributed by atoms with Crippen molar-refractivity contribution in [2.75, 3.05) is 26.7 Å². The zero-order valence-corrected chi connectivity index (χ0v) is 13.3. The van der Waals surface area contributed by atoms with Crippen LogP contribution in [-0.2, 0) is 22.4 Å². The lowest BCUT2D eigenvalue weighted by molar-refractivity contribution is 0.0186. The number of hydrogen-bond donors (Lipinski definition) is 0. The SMILES string of the molecule is COCC(Cn1c(CCCl)nc2cc(F)c(C)cc21)OC. The van der Waals surface area contributed by atoms with E-state index >= 15 is 0 Å². The first kappa shape index (κ1) is 16.2. The van der Waals surface area contributed by atoms with Gasteiger partial charge in [0.2, 0.25) is 0 Å². The molecule has 2 rings (SSSR count). The number of halogens is 2. The molecule has 0 fully saturated rings. The van der Waals surface area contributed by atoms with Gasteiger partial charge in [0, 0.05) is 32.6 Å². The Hall–Kier alpha value is -1.17. The second kappa shape index (κ2) is 7.20. The highest BCUT2D eigenvalue weighted by Gasteiger charge is 2.16. The first-order chi connectivity index (χ1) is 10.1. The molecule has 1 aromatic carbocycles. The summed E-state index contributed by atoms with van der Waals surface area (Å²) in [5, 5.41) is 0.